The van der Waals surface area contributed by atoms with Crippen LogP contribution >= 0.6 is 0 Å². The average molecular weight is 250 g/mol. The largest absolute Gasteiger partial charge is 0.381 e. The summed E-state index contributed by atoms with van der Waals surface area (Å²) in [4.78, 5) is 11.3. The van der Waals surface area contributed by atoms with Crippen LogP contribution in [0.1, 0.15) is 44.9 Å². The van der Waals surface area contributed by atoms with E-state index in [2.05, 4.69) is 6.08 Å². The minimum absolute atomic E-state index is 0.0729. The zero-order valence-electron chi connectivity index (χ0n) is 11.0. The van der Waals surface area contributed by atoms with E-state index in [1.807, 2.05) is 0 Å². The maximum absolute atomic E-state index is 11.3. The molecule has 0 radical (unpaired) electrons. The molecule has 18 heavy (non-hydrogen) atoms. The van der Waals surface area contributed by atoms with Crippen molar-refractivity contribution in [2.24, 2.45) is 5.92 Å². The molecule has 0 N–H and O–H groups in total. The fourth-order valence-electron chi connectivity index (χ4n) is 3.54. The van der Waals surface area contributed by atoms with Gasteiger partial charge in [-0.3, -0.25) is 4.79 Å². The average Bonchev–Trinajstić information content (AvgIpc) is 2.40. The summed E-state index contributed by atoms with van der Waals surface area (Å²) in [6.45, 7) is 2.55. The van der Waals surface area contributed by atoms with Gasteiger partial charge in [0.25, 0.3) is 0 Å². The summed E-state index contributed by atoms with van der Waals surface area (Å²) in [7, 11) is 0. The summed E-state index contributed by atoms with van der Waals surface area (Å²) in [5.74, 6) is 1.04. The van der Waals surface area contributed by atoms with Gasteiger partial charge in [0.15, 0.2) is 0 Å². The molecule has 2 heterocycles. The predicted molar refractivity (Wildman–Crippen MR) is 68.4 cm³/mol. The molecule has 3 nitrogen and oxygen atoms in total. The highest BCUT2D eigenvalue weighted by molar-refractivity contribution is 5.81. The van der Waals surface area contributed by atoms with Crippen LogP contribution in [0.25, 0.3) is 0 Å². The second-order valence-electron chi connectivity index (χ2n) is 5.86. The van der Waals surface area contributed by atoms with Crippen LogP contribution in [-0.4, -0.2) is 31.2 Å². The Balaban J connectivity index is 1.68. The molecule has 0 bridgehead atoms. The van der Waals surface area contributed by atoms with Crippen molar-refractivity contribution in [3.05, 3.63) is 11.6 Å². The van der Waals surface area contributed by atoms with Gasteiger partial charge in [0.1, 0.15) is 5.78 Å². The first-order valence-electron chi connectivity index (χ1n) is 7.20. The van der Waals surface area contributed by atoms with Gasteiger partial charge in [-0.15, -0.1) is 0 Å². The molecule has 0 aromatic heterocycles. The quantitative estimate of drug-likeness (QED) is 0.671. The van der Waals surface area contributed by atoms with Crippen molar-refractivity contribution in [3.8, 4) is 0 Å². The first-order valence-corrected chi connectivity index (χ1v) is 7.20. The predicted octanol–water partition coefficient (Wildman–Crippen LogP) is 2.64. The van der Waals surface area contributed by atoms with E-state index in [0.29, 0.717) is 18.1 Å². The third kappa shape index (κ3) is 2.52. The molecule has 3 heteroatoms. The second kappa shape index (κ2) is 5.14. The van der Waals surface area contributed by atoms with Gasteiger partial charge >= 0.3 is 0 Å². The van der Waals surface area contributed by atoms with Crippen LogP contribution in [0, 0.1) is 5.92 Å². The van der Waals surface area contributed by atoms with E-state index in [0.717, 1.165) is 58.3 Å². The van der Waals surface area contributed by atoms with E-state index in [-0.39, 0.29) is 5.60 Å². The number of rotatable bonds is 1. The van der Waals surface area contributed by atoms with Crippen molar-refractivity contribution in [2.45, 2.75) is 50.5 Å². The van der Waals surface area contributed by atoms with Gasteiger partial charge in [-0.1, -0.05) is 11.6 Å². The Morgan fingerprint density at radius 1 is 1.17 bits per heavy atom. The SMILES string of the molecule is O=C1CC=C(C2CCOC3(CCOCC3)C2)CC1. The van der Waals surface area contributed by atoms with Gasteiger partial charge in [0, 0.05) is 32.7 Å². The third-order valence-electron chi connectivity index (χ3n) is 4.71. The molecule has 100 valence electrons. The summed E-state index contributed by atoms with van der Waals surface area (Å²) >= 11 is 0. The highest BCUT2D eigenvalue weighted by Gasteiger charge is 2.40. The smallest absolute Gasteiger partial charge is 0.136 e. The lowest BCUT2D eigenvalue weighted by Crippen LogP contribution is -2.44. The first-order chi connectivity index (χ1) is 8.77. The Hall–Kier alpha value is -0.670. The number of carbonyl (C=O) groups is 1. The zero-order valence-corrected chi connectivity index (χ0v) is 11.0. The van der Waals surface area contributed by atoms with Gasteiger partial charge in [0.2, 0.25) is 0 Å². The van der Waals surface area contributed by atoms with Crippen LogP contribution < -0.4 is 0 Å². The summed E-state index contributed by atoms with van der Waals surface area (Å²) in [6.07, 6.45) is 8.91. The molecule has 2 saturated heterocycles. The molecule has 1 spiro atoms. The first kappa shape index (κ1) is 12.4. The molecule has 3 rings (SSSR count). The topological polar surface area (TPSA) is 35.5 Å². The fourth-order valence-corrected chi connectivity index (χ4v) is 3.54. The summed E-state index contributed by atoms with van der Waals surface area (Å²) in [5.41, 5.74) is 1.59. The van der Waals surface area contributed by atoms with Gasteiger partial charge in [-0.05, 0) is 38.0 Å². The van der Waals surface area contributed by atoms with Gasteiger partial charge in [-0.2, -0.15) is 0 Å². The lowest BCUT2D eigenvalue weighted by molar-refractivity contribution is -0.143. The maximum Gasteiger partial charge on any atom is 0.136 e. The molecule has 3 aliphatic rings. The molecular weight excluding hydrogens is 228 g/mol. The van der Waals surface area contributed by atoms with Crippen LogP contribution in [0.4, 0.5) is 0 Å². The Morgan fingerprint density at radius 3 is 2.72 bits per heavy atom. The van der Waals surface area contributed by atoms with Crippen LogP contribution in [-0.2, 0) is 14.3 Å². The van der Waals surface area contributed by atoms with Crippen molar-refractivity contribution >= 4 is 5.78 Å². The minimum Gasteiger partial charge on any atom is -0.381 e. The monoisotopic (exact) mass is 250 g/mol. The van der Waals surface area contributed by atoms with E-state index in [4.69, 9.17) is 9.47 Å². The van der Waals surface area contributed by atoms with Crippen molar-refractivity contribution in [3.63, 3.8) is 0 Å². The maximum atomic E-state index is 11.3. The highest BCUT2D eigenvalue weighted by Crippen LogP contribution is 2.41. The van der Waals surface area contributed by atoms with Crippen molar-refractivity contribution in [1.29, 1.82) is 0 Å². The molecule has 0 aromatic carbocycles. The Morgan fingerprint density at radius 2 is 2.00 bits per heavy atom. The molecule has 2 fully saturated rings. The molecule has 0 saturated carbocycles. The summed E-state index contributed by atoms with van der Waals surface area (Å²) in [5, 5.41) is 0. The van der Waals surface area contributed by atoms with Crippen LogP contribution in [0.15, 0.2) is 11.6 Å². The van der Waals surface area contributed by atoms with Crippen LogP contribution in [0.5, 0.6) is 0 Å². The second-order valence-corrected chi connectivity index (χ2v) is 5.86. The molecule has 1 atom stereocenters. The Labute approximate surface area is 109 Å². The number of carbonyl (C=O) groups excluding carboxylic acids is 1. The van der Waals surface area contributed by atoms with E-state index in [1.54, 1.807) is 0 Å². The van der Waals surface area contributed by atoms with Crippen molar-refractivity contribution < 1.29 is 14.3 Å². The lowest BCUT2D eigenvalue weighted by Gasteiger charge is -2.44. The van der Waals surface area contributed by atoms with E-state index in [9.17, 15) is 4.79 Å². The van der Waals surface area contributed by atoms with Gasteiger partial charge < -0.3 is 9.47 Å². The zero-order chi connectivity index (χ0) is 12.4. The molecular formula is C15H22O3. The Bertz CT molecular complexity index is 347. The number of Topliss-reactive ketones (excluding diaryl/α,β-unsaturated/α-hetero) is 1. The van der Waals surface area contributed by atoms with Crippen molar-refractivity contribution in [2.75, 3.05) is 19.8 Å². The minimum atomic E-state index is 0.0729. The normalized spacial score (nSPS) is 32.3. The molecule has 1 aliphatic carbocycles. The van der Waals surface area contributed by atoms with Gasteiger partial charge in [-0.25, -0.2) is 0 Å². The third-order valence-corrected chi connectivity index (χ3v) is 4.71. The molecule has 0 aromatic rings. The number of allylic oxidation sites excluding steroid dienone is 2. The standard InChI is InChI=1S/C15H22O3/c16-14-3-1-12(2-4-14)13-5-8-18-15(11-13)6-9-17-10-7-15/h1,13H,2-11H2. The summed E-state index contributed by atoms with van der Waals surface area (Å²) in [6, 6.07) is 0. The van der Waals surface area contributed by atoms with Crippen LogP contribution in [0.3, 0.4) is 0 Å². The number of hydrogen-bond donors (Lipinski definition) is 0. The van der Waals surface area contributed by atoms with Crippen LogP contribution in [0.2, 0.25) is 0 Å². The fraction of sp³-hybridized carbons (Fsp3) is 0.800. The Kier molecular flexibility index (Phi) is 3.53. The molecule has 0 amide bonds. The number of ketones is 1. The van der Waals surface area contributed by atoms with E-state index in [1.165, 1.54) is 5.57 Å². The highest BCUT2D eigenvalue weighted by atomic mass is 16.5. The van der Waals surface area contributed by atoms with E-state index < -0.39 is 0 Å². The molecule has 2 aliphatic heterocycles. The number of hydrogen-bond acceptors (Lipinski definition) is 3. The number of ether oxygens (including phenoxy) is 2. The lowest BCUT2D eigenvalue weighted by atomic mass is 9.75. The molecule has 1 unspecified atom stereocenters. The summed E-state index contributed by atoms with van der Waals surface area (Å²) < 4.78 is 11.5. The van der Waals surface area contributed by atoms with E-state index >= 15 is 0 Å². The van der Waals surface area contributed by atoms with Crippen molar-refractivity contribution in [1.82, 2.24) is 0 Å². The van der Waals surface area contributed by atoms with Gasteiger partial charge in [0.05, 0.1) is 5.60 Å².